The Morgan fingerprint density at radius 3 is 2.86 bits per heavy atom. The third-order valence-electron chi connectivity index (χ3n) is 2.56. The van der Waals surface area contributed by atoms with Gasteiger partial charge in [0.05, 0.1) is 11.8 Å². The van der Waals surface area contributed by atoms with Crippen molar-refractivity contribution in [3.05, 3.63) is 36.8 Å². The van der Waals surface area contributed by atoms with Gasteiger partial charge in [-0.3, -0.25) is 4.68 Å². The number of hydrogen-bond donors (Lipinski definition) is 1. The van der Waals surface area contributed by atoms with E-state index >= 15 is 0 Å². The Kier molecular flexibility index (Phi) is 3.75. The Morgan fingerprint density at radius 1 is 1.27 bits per heavy atom. The molecule has 0 aliphatic heterocycles. The van der Waals surface area contributed by atoms with E-state index in [1.165, 1.54) is 12.4 Å². The van der Waals surface area contributed by atoms with Crippen molar-refractivity contribution in [1.82, 2.24) is 24.1 Å². The van der Waals surface area contributed by atoms with Gasteiger partial charge in [0.2, 0.25) is 5.13 Å². The standard InChI is InChI=1S/C12H9F3N6S/c13-12(14,15)7-21-6-8(5-17-21)10-19-11(22-20-10)18-9-3-1-2-4-16-9/h1-6H,7H2,(H,16,18,19,20). The molecule has 0 aromatic carbocycles. The highest BCUT2D eigenvalue weighted by Crippen LogP contribution is 2.24. The SMILES string of the molecule is FC(F)(F)Cn1cc(-c2nsc(Nc3ccccn3)n2)cn1. The molecule has 1 N–H and O–H groups in total. The molecule has 0 unspecified atom stereocenters. The minimum atomic E-state index is -4.31. The molecule has 114 valence electrons. The lowest BCUT2D eigenvalue weighted by molar-refractivity contribution is -0.142. The van der Waals surface area contributed by atoms with Crippen LogP contribution in [0.1, 0.15) is 0 Å². The molecule has 0 saturated heterocycles. The summed E-state index contributed by atoms with van der Waals surface area (Å²) in [5.41, 5.74) is 0.426. The van der Waals surface area contributed by atoms with Crippen molar-refractivity contribution in [2.75, 3.05) is 5.32 Å². The molecule has 0 aliphatic carbocycles. The van der Waals surface area contributed by atoms with Gasteiger partial charge in [0.25, 0.3) is 0 Å². The third kappa shape index (κ3) is 3.58. The van der Waals surface area contributed by atoms with Crippen molar-refractivity contribution >= 4 is 22.5 Å². The molecule has 0 aliphatic rings. The quantitative estimate of drug-likeness (QED) is 0.798. The van der Waals surface area contributed by atoms with E-state index in [4.69, 9.17) is 0 Å². The van der Waals surface area contributed by atoms with Crippen LogP contribution in [0.2, 0.25) is 0 Å². The number of pyridine rings is 1. The zero-order chi connectivity index (χ0) is 15.6. The van der Waals surface area contributed by atoms with Crippen molar-refractivity contribution in [1.29, 1.82) is 0 Å². The smallest absolute Gasteiger partial charge is 0.315 e. The van der Waals surface area contributed by atoms with Gasteiger partial charge >= 0.3 is 6.18 Å². The van der Waals surface area contributed by atoms with Crippen LogP contribution in [0.15, 0.2) is 36.8 Å². The molecule has 0 bridgehead atoms. The van der Waals surface area contributed by atoms with Crippen LogP contribution < -0.4 is 5.32 Å². The normalized spacial score (nSPS) is 11.6. The second-order valence-corrected chi connectivity index (χ2v) is 5.06. The van der Waals surface area contributed by atoms with Crippen LogP contribution in [0.3, 0.4) is 0 Å². The lowest BCUT2D eigenvalue weighted by Gasteiger charge is -2.04. The number of aromatic nitrogens is 5. The first-order valence-electron chi connectivity index (χ1n) is 6.11. The van der Waals surface area contributed by atoms with E-state index in [0.29, 0.717) is 22.3 Å². The summed E-state index contributed by atoms with van der Waals surface area (Å²) in [5.74, 6) is 0.926. The van der Waals surface area contributed by atoms with E-state index in [1.54, 1.807) is 18.3 Å². The van der Waals surface area contributed by atoms with Crippen LogP contribution in [0, 0.1) is 0 Å². The summed E-state index contributed by atoms with van der Waals surface area (Å²) in [6.07, 6.45) is -0.117. The van der Waals surface area contributed by atoms with E-state index in [2.05, 4.69) is 24.8 Å². The molecule has 0 fully saturated rings. The molecule has 3 rings (SSSR count). The first kappa shape index (κ1) is 14.4. The molecule has 3 heterocycles. The fourth-order valence-corrected chi connectivity index (χ4v) is 2.28. The van der Waals surface area contributed by atoms with Gasteiger partial charge in [-0.15, -0.1) is 0 Å². The van der Waals surface area contributed by atoms with E-state index in [1.807, 2.05) is 6.07 Å². The molecule has 6 nitrogen and oxygen atoms in total. The monoisotopic (exact) mass is 326 g/mol. The average molecular weight is 326 g/mol. The van der Waals surface area contributed by atoms with Crippen molar-refractivity contribution in [2.24, 2.45) is 0 Å². The van der Waals surface area contributed by atoms with Crippen molar-refractivity contribution in [3.63, 3.8) is 0 Å². The van der Waals surface area contributed by atoms with Gasteiger partial charge in [0.1, 0.15) is 12.4 Å². The number of nitrogens with one attached hydrogen (secondary N) is 1. The Balaban J connectivity index is 1.74. The maximum Gasteiger partial charge on any atom is 0.408 e. The second-order valence-electron chi connectivity index (χ2n) is 4.30. The molecule has 0 radical (unpaired) electrons. The largest absolute Gasteiger partial charge is 0.408 e. The first-order chi connectivity index (χ1) is 10.5. The summed E-state index contributed by atoms with van der Waals surface area (Å²) in [7, 11) is 0. The maximum absolute atomic E-state index is 12.3. The molecule has 0 spiro atoms. The van der Waals surface area contributed by atoms with Crippen LogP contribution >= 0.6 is 11.5 Å². The highest BCUT2D eigenvalue weighted by atomic mass is 32.1. The van der Waals surface area contributed by atoms with Crippen molar-refractivity contribution in [3.8, 4) is 11.4 Å². The lowest BCUT2D eigenvalue weighted by Crippen LogP contribution is -2.17. The van der Waals surface area contributed by atoms with E-state index < -0.39 is 12.7 Å². The van der Waals surface area contributed by atoms with Crippen LogP contribution in [0.25, 0.3) is 11.4 Å². The fourth-order valence-electron chi connectivity index (χ4n) is 1.69. The van der Waals surface area contributed by atoms with Gasteiger partial charge in [0, 0.05) is 23.9 Å². The lowest BCUT2D eigenvalue weighted by atomic mass is 10.3. The van der Waals surface area contributed by atoms with Crippen LogP contribution in [-0.4, -0.2) is 30.3 Å². The molecule has 22 heavy (non-hydrogen) atoms. The number of halogens is 3. The topological polar surface area (TPSA) is 68.5 Å². The predicted molar refractivity (Wildman–Crippen MR) is 74.7 cm³/mol. The van der Waals surface area contributed by atoms with Crippen LogP contribution in [-0.2, 0) is 6.54 Å². The van der Waals surface area contributed by atoms with Gasteiger partial charge in [0.15, 0.2) is 5.82 Å². The Labute approximate surface area is 126 Å². The van der Waals surface area contributed by atoms with Gasteiger partial charge in [-0.25, -0.2) is 4.98 Å². The fraction of sp³-hybridized carbons (Fsp3) is 0.167. The Hall–Kier alpha value is -2.49. The van der Waals surface area contributed by atoms with Gasteiger partial charge in [-0.1, -0.05) is 6.07 Å². The second kappa shape index (κ2) is 5.72. The minimum absolute atomic E-state index is 0.317. The van der Waals surface area contributed by atoms with Crippen molar-refractivity contribution in [2.45, 2.75) is 12.7 Å². The van der Waals surface area contributed by atoms with E-state index in [0.717, 1.165) is 16.2 Å². The molecule has 3 aromatic rings. The number of alkyl halides is 3. The zero-order valence-corrected chi connectivity index (χ0v) is 11.8. The first-order valence-corrected chi connectivity index (χ1v) is 6.88. The summed E-state index contributed by atoms with van der Waals surface area (Å²) in [4.78, 5) is 8.29. The number of anilines is 2. The Morgan fingerprint density at radius 2 is 2.14 bits per heavy atom. The van der Waals surface area contributed by atoms with E-state index in [-0.39, 0.29) is 0 Å². The molecule has 0 atom stereocenters. The molecule has 10 heteroatoms. The van der Waals surface area contributed by atoms with Crippen LogP contribution in [0.4, 0.5) is 24.1 Å². The summed E-state index contributed by atoms with van der Waals surface area (Å²) < 4.78 is 41.8. The Bertz CT molecular complexity index is 752. The number of hydrogen-bond acceptors (Lipinski definition) is 6. The zero-order valence-electron chi connectivity index (χ0n) is 10.9. The van der Waals surface area contributed by atoms with E-state index in [9.17, 15) is 13.2 Å². The molecule has 0 saturated carbocycles. The van der Waals surface area contributed by atoms with Gasteiger partial charge in [-0.2, -0.15) is 27.6 Å². The molecular formula is C12H9F3N6S. The molecule has 3 aromatic heterocycles. The highest BCUT2D eigenvalue weighted by Gasteiger charge is 2.28. The minimum Gasteiger partial charge on any atom is -0.315 e. The highest BCUT2D eigenvalue weighted by molar-refractivity contribution is 7.09. The van der Waals surface area contributed by atoms with Crippen LogP contribution in [0.5, 0.6) is 0 Å². The predicted octanol–water partition coefficient (Wildman–Crippen LogP) is 3.10. The summed E-state index contributed by atoms with van der Waals surface area (Å²) in [6.45, 7) is -1.14. The summed E-state index contributed by atoms with van der Waals surface area (Å²) >= 11 is 1.09. The molecular weight excluding hydrogens is 317 g/mol. The average Bonchev–Trinajstić information content (AvgIpc) is 3.07. The summed E-state index contributed by atoms with van der Waals surface area (Å²) in [5, 5.41) is 7.12. The number of nitrogens with zero attached hydrogens (tertiary/aromatic N) is 5. The van der Waals surface area contributed by atoms with Gasteiger partial charge in [-0.05, 0) is 12.1 Å². The number of rotatable bonds is 4. The van der Waals surface area contributed by atoms with Crippen molar-refractivity contribution < 1.29 is 13.2 Å². The third-order valence-corrected chi connectivity index (χ3v) is 3.19. The van der Waals surface area contributed by atoms with Gasteiger partial charge < -0.3 is 5.32 Å². The molecule has 0 amide bonds. The summed E-state index contributed by atoms with van der Waals surface area (Å²) in [6, 6.07) is 5.37. The maximum atomic E-state index is 12.3.